The molecule has 0 heterocycles. The molecule has 11 heavy (non-hydrogen) atoms. The van der Waals surface area contributed by atoms with E-state index in [1.165, 1.54) is 14.2 Å². The summed E-state index contributed by atoms with van der Waals surface area (Å²) in [4.78, 5) is 0. The molecule has 0 aromatic heterocycles. The first-order valence-electron chi connectivity index (χ1n) is 3.58. The molecule has 4 nitrogen and oxygen atoms in total. The van der Waals surface area contributed by atoms with Gasteiger partial charge in [-0.25, -0.2) is 0 Å². The molecule has 0 saturated heterocycles. The Labute approximate surface area is 66.7 Å². The monoisotopic (exact) mass is 164 g/mol. The predicted octanol–water partition coefficient (Wildman–Crippen LogP) is 0.0863. The summed E-state index contributed by atoms with van der Waals surface area (Å²) in [6.45, 7) is 1.82. The Balaban J connectivity index is 3.86. The minimum absolute atomic E-state index is 0.0660. The van der Waals surface area contributed by atoms with Gasteiger partial charge in [-0.15, -0.1) is 0 Å². The normalized spacial score (nSPS) is 15.0. The van der Waals surface area contributed by atoms with Crippen LogP contribution in [0.25, 0.3) is 0 Å². The van der Waals surface area contributed by atoms with Crippen LogP contribution in [0.4, 0.5) is 0 Å². The highest BCUT2D eigenvalue weighted by Crippen LogP contribution is 2.15. The van der Waals surface area contributed by atoms with Crippen LogP contribution >= 0.6 is 0 Å². The molecule has 0 aliphatic rings. The van der Waals surface area contributed by atoms with Gasteiger partial charge in [0.25, 0.3) is 5.97 Å². The summed E-state index contributed by atoms with van der Waals surface area (Å²) >= 11 is 0. The van der Waals surface area contributed by atoms with Crippen LogP contribution in [-0.2, 0) is 9.47 Å². The lowest BCUT2D eigenvalue weighted by atomic mass is 10.2. The molecule has 68 valence electrons. The summed E-state index contributed by atoms with van der Waals surface area (Å²) in [5, 5.41) is 18.5. The van der Waals surface area contributed by atoms with Crippen molar-refractivity contribution in [2.24, 2.45) is 0 Å². The van der Waals surface area contributed by atoms with Gasteiger partial charge in [-0.05, 0) is 6.42 Å². The van der Waals surface area contributed by atoms with Crippen LogP contribution in [0.15, 0.2) is 0 Å². The third-order valence-electron chi connectivity index (χ3n) is 1.60. The molecule has 0 radical (unpaired) electrons. The zero-order valence-electron chi connectivity index (χ0n) is 7.20. The average molecular weight is 164 g/mol. The molecule has 0 rings (SSSR count). The molecule has 0 aliphatic heterocycles. The Morgan fingerprint density at radius 1 is 1.36 bits per heavy atom. The number of methoxy groups -OCH3 is 2. The van der Waals surface area contributed by atoms with Gasteiger partial charge in [-0.3, -0.25) is 0 Å². The Hall–Kier alpha value is -0.160. The quantitative estimate of drug-likeness (QED) is 0.565. The summed E-state index contributed by atoms with van der Waals surface area (Å²) in [7, 11) is 2.65. The van der Waals surface area contributed by atoms with Crippen molar-refractivity contribution in [3.05, 3.63) is 0 Å². The van der Waals surface area contributed by atoms with E-state index in [2.05, 4.69) is 9.47 Å². The van der Waals surface area contributed by atoms with Crippen molar-refractivity contribution in [1.29, 1.82) is 0 Å². The minimum atomic E-state index is -1.64. The van der Waals surface area contributed by atoms with Gasteiger partial charge in [0, 0.05) is 14.2 Å². The van der Waals surface area contributed by atoms with E-state index in [9.17, 15) is 5.11 Å². The van der Waals surface area contributed by atoms with Crippen molar-refractivity contribution >= 4 is 0 Å². The number of hydrogen-bond donors (Lipinski definition) is 2. The number of rotatable bonds is 5. The lowest BCUT2D eigenvalue weighted by Crippen LogP contribution is -2.37. The first kappa shape index (κ1) is 10.8. The second-order valence-corrected chi connectivity index (χ2v) is 2.39. The first-order valence-corrected chi connectivity index (χ1v) is 3.58. The SMILES string of the molecule is CCC(O)CC(O)(OC)OC. The van der Waals surface area contributed by atoms with Crippen LogP contribution < -0.4 is 0 Å². The molecule has 0 aliphatic carbocycles. The zero-order valence-corrected chi connectivity index (χ0v) is 7.20. The van der Waals surface area contributed by atoms with E-state index in [4.69, 9.17) is 5.11 Å². The van der Waals surface area contributed by atoms with Crippen molar-refractivity contribution in [1.82, 2.24) is 0 Å². The van der Waals surface area contributed by atoms with Gasteiger partial charge >= 0.3 is 0 Å². The maximum absolute atomic E-state index is 9.33. The van der Waals surface area contributed by atoms with Crippen LogP contribution in [0.3, 0.4) is 0 Å². The lowest BCUT2D eigenvalue weighted by Gasteiger charge is -2.25. The Bertz CT molecular complexity index is 101. The second-order valence-electron chi connectivity index (χ2n) is 2.39. The predicted molar refractivity (Wildman–Crippen MR) is 39.9 cm³/mol. The largest absolute Gasteiger partial charge is 0.393 e. The highest BCUT2D eigenvalue weighted by Gasteiger charge is 2.28. The van der Waals surface area contributed by atoms with Crippen LogP contribution in [0, 0.1) is 0 Å². The van der Waals surface area contributed by atoms with Crippen molar-refractivity contribution in [2.45, 2.75) is 31.8 Å². The molecule has 0 fully saturated rings. The van der Waals surface area contributed by atoms with Crippen LogP contribution in [-0.4, -0.2) is 36.5 Å². The lowest BCUT2D eigenvalue weighted by molar-refractivity contribution is -0.349. The van der Waals surface area contributed by atoms with Gasteiger partial charge in [0.2, 0.25) is 0 Å². The standard InChI is InChI=1S/C7H16O4/c1-4-6(8)5-7(9,10-2)11-3/h6,8-9H,4-5H2,1-3H3. The van der Waals surface area contributed by atoms with Crippen molar-refractivity contribution in [3.8, 4) is 0 Å². The van der Waals surface area contributed by atoms with E-state index in [1.54, 1.807) is 0 Å². The zero-order chi connectivity index (χ0) is 8.91. The molecule has 0 spiro atoms. The topological polar surface area (TPSA) is 58.9 Å². The van der Waals surface area contributed by atoms with Crippen LogP contribution in [0.2, 0.25) is 0 Å². The van der Waals surface area contributed by atoms with Crippen molar-refractivity contribution < 1.29 is 19.7 Å². The van der Waals surface area contributed by atoms with Crippen molar-refractivity contribution in [3.63, 3.8) is 0 Å². The molecular weight excluding hydrogens is 148 g/mol. The average Bonchev–Trinajstić information content (AvgIpc) is 2.04. The summed E-state index contributed by atoms with van der Waals surface area (Å²) < 4.78 is 9.27. The van der Waals surface area contributed by atoms with E-state index < -0.39 is 12.1 Å². The van der Waals surface area contributed by atoms with E-state index in [1.807, 2.05) is 6.92 Å². The van der Waals surface area contributed by atoms with Gasteiger partial charge in [0.15, 0.2) is 0 Å². The van der Waals surface area contributed by atoms with Crippen LogP contribution in [0.1, 0.15) is 19.8 Å². The molecule has 0 aromatic carbocycles. The van der Waals surface area contributed by atoms with Gasteiger partial charge in [-0.2, -0.15) is 0 Å². The third-order valence-corrected chi connectivity index (χ3v) is 1.60. The maximum atomic E-state index is 9.33. The van der Waals surface area contributed by atoms with E-state index >= 15 is 0 Å². The number of aliphatic hydroxyl groups is 2. The Kier molecular flexibility index (Phi) is 4.60. The summed E-state index contributed by atoms with van der Waals surface area (Å²) in [6.07, 6.45) is 0.0332. The molecule has 0 amide bonds. The van der Waals surface area contributed by atoms with Gasteiger partial charge < -0.3 is 19.7 Å². The van der Waals surface area contributed by atoms with Gasteiger partial charge in [0.05, 0.1) is 12.5 Å². The van der Waals surface area contributed by atoms with Gasteiger partial charge in [0.1, 0.15) is 0 Å². The molecule has 1 unspecified atom stereocenters. The Morgan fingerprint density at radius 2 is 1.82 bits per heavy atom. The number of ether oxygens (including phenoxy) is 2. The number of aliphatic hydroxyl groups excluding tert-OH is 1. The van der Waals surface area contributed by atoms with Crippen molar-refractivity contribution in [2.75, 3.05) is 14.2 Å². The molecule has 0 aromatic rings. The van der Waals surface area contributed by atoms with E-state index in [0.717, 1.165) is 0 Å². The molecule has 4 heteroatoms. The fraction of sp³-hybridized carbons (Fsp3) is 1.00. The minimum Gasteiger partial charge on any atom is -0.393 e. The molecule has 0 bridgehead atoms. The summed E-state index contributed by atoms with van der Waals surface area (Å²) in [6, 6.07) is 0. The summed E-state index contributed by atoms with van der Waals surface area (Å²) in [5.74, 6) is -1.64. The van der Waals surface area contributed by atoms with E-state index in [-0.39, 0.29) is 6.42 Å². The highest BCUT2D eigenvalue weighted by molar-refractivity contribution is 4.60. The maximum Gasteiger partial charge on any atom is 0.282 e. The molecule has 2 N–H and O–H groups in total. The number of hydrogen-bond acceptors (Lipinski definition) is 4. The second kappa shape index (κ2) is 4.66. The highest BCUT2D eigenvalue weighted by atomic mass is 16.8. The van der Waals surface area contributed by atoms with Gasteiger partial charge in [-0.1, -0.05) is 6.92 Å². The Morgan fingerprint density at radius 3 is 2.09 bits per heavy atom. The smallest absolute Gasteiger partial charge is 0.282 e. The fourth-order valence-electron chi connectivity index (χ4n) is 0.692. The molecule has 1 atom stereocenters. The first-order chi connectivity index (χ1) is 5.08. The molecule has 0 saturated carbocycles. The summed E-state index contributed by atoms with van der Waals surface area (Å²) in [5.41, 5.74) is 0. The van der Waals surface area contributed by atoms with E-state index in [0.29, 0.717) is 6.42 Å². The fourth-order valence-corrected chi connectivity index (χ4v) is 0.692. The van der Waals surface area contributed by atoms with Crippen LogP contribution in [0.5, 0.6) is 0 Å². The molecular formula is C7H16O4. The third kappa shape index (κ3) is 3.67.